The van der Waals surface area contributed by atoms with Gasteiger partial charge in [-0.1, -0.05) is 30.3 Å². The Morgan fingerprint density at radius 3 is 2.34 bits per heavy atom. The smallest absolute Gasteiger partial charge is 0.332 e. The molecule has 0 atom stereocenters. The van der Waals surface area contributed by atoms with Crippen LogP contribution in [0.1, 0.15) is 38.2 Å². The maximum Gasteiger partial charge on any atom is 0.332 e. The number of fused-ring (bicyclic) bond motifs is 1. The van der Waals surface area contributed by atoms with Gasteiger partial charge in [0.1, 0.15) is 5.54 Å². The summed E-state index contributed by atoms with van der Waals surface area (Å²) < 4.78 is 1.10. The SMILES string of the molecule is CCN1C(=O)N(c2csc3ccccc23)C(=O)C12CCN(Cc1ccc(N3CCCC3)cc1)CC2. The molecule has 3 amide bonds. The van der Waals surface area contributed by atoms with Gasteiger partial charge in [0.15, 0.2) is 0 Å². The molecule has 0 N–H and O–H groups in total. The molecular weight excluding hydrogens is 456 g/mol. The Morgan fingerprint density at radius 1 is 0.914 bits per heavy atom. The molecule has 2 aromatic carbocycles. The Kier molecular flexibility index (Phi) is 5.77. The number of anilines is 2. The number of thiophene rings is 1. The first-order valence-electron chi connectivity index (χ1n) is 12.8. The van der Waals surface area contributed by atoms with Crippen LogP contribution >= 0.6 is 11.3 Å². The standard InChI is InChI=1S/C28H32N4O2S/c1-2-31-27(34)32(24-20-35-25-8-4-3-7-23(24)25)26(33)28(31)13-17-29(18-14-28)19-21-9-11-22(12-10-21)30-15-5-6-16-30/h3-4,7-12,20H,2,5-6,13-19H2,1H3. The maximum absolute atomic E-state index is 13.9. The topological polar surface area (TPSA) is 47.1 Å². The fourth-order valence-corrected chi connectivity index (χ4v) is 7.04. The van der Waals surface area contributed by atoms with Gasteiger partial charge in [-0.25, -0.2) is 9.69 Å². The van der Waals surface area contributed by atoms with Gasteiger partial charge in [-0.2, -0.15) is 0 Å². The summed E-state index contributed by atoms with van der Waals surface area (Å²) in [6.45, 7) is 7.34. The van der Waals surface area contributed by atoms with Crippen LogP contribution in [0.4, 0.5) is 16.2 Å². The zero-order chi connectivity index (χ0) is 24.0. The molecule has 182 valence electrons. The average Bonchev–Trinajstić information content (AvgIpc) is 3.61. The van der Waals surface area contributed by atoms with Gasteiger partial charge in [-0.05, 0) is 56.4 Å². The molecule has 3 aliphatic rings. The van der Waals surface area contributed by atoms with Crippen LogP contribution in [0.3, 0.4) is 0 Å². The van der Waals surface area contributed by atoms with Crippen LogP contribution < -0.4 is 9.80 Å². The summed E-state index contributed by atoms with van der Waals surface area (Å²) in [5.41, 5.74) is 2.62. The van der Waals surface area contributed by atoms with Crippen LogP contribution in [0.5, 0.6) is 0 Å². The number of imide groups is 1. The highest BCUT2D eigenvalue weighted by molar-refractivity contribution is 7.17. The lowest BCUT2D eigenvalue weighted by atomic mass is 9.85. The predicted octanol–water partition coefficient (Wildman–Crippen LogP) is 5.32. The molecule has 3 aliphatic heterocycles. The minimum atomic E-state index is -0.731. The van der Waals surface area contributed by atoms with Crippen LogP contribution in [0.2, 0.25) is 0 Å². The molecule has 1 spiro atoms. The van der Waals surface area contributed by atoms with Crippen molar-refractivity contribution in [2.45, 2.75) is 44.7 Å². The van der Waals surface area contributed by atoms with Crippen molar-refractivity contribution in [2.75, 3.05) is 42.5 Å². The zero-order valence-corrected chi connectivity index (χ0v) is 21.1. The molecule has 6 nitrogen and oxygen atoms in total. The van der Waals surface area contributed by atoms with E-state index < -0.39 is 5.54 Å². The molecule has 6 rings (SSSR count). The van der Waals surface area contributed by atoms with Gasteiger partial charge in [0, 0.05) is 60.4 Å². The number of carbonyl (C=O) groups is 2. The fourth-order valence-electron chi connectivity index (χ4n) is 6.11. The number of hydrogen-bond donors (Lipinski definition) is 0. The van der Waals surface area contributed by atoms with E-state index in [0.717, 1.165) is 48.5 Å². The van der Waals surface area contributed by atoms with Crippen molar-refractivity contribution in [3.05, 3.63) is 59.5 Å². The van der Waals surface area contributed by atoms with E-state index in [4.69, 9.17) is 0 Å². The number of likely N-dealkylation sites (tertiary alicyclic amines) is 1. The summed E-state index contributed by atoms with van der Waals surface area (Å²) in [5.74, 6) is -0.0532. The van der Waals surface area contributed by atoms with Gasteiger partial charge in [0.05, 0.1) is 5.69 Å². The number of nitrogens with zero attached hydrogens (tertiary/aromatic N) is 4. The number of likely N-dealkylation sites (N-methyl/N-ethyl adjacent to an activating group) is 1. The van der Waals surface area contributed by atoms with Crippen LogP contribution in [0.15, 0.2) is 53.9 Å². The molecule has 0 aliphatic carbocycles. The molecule has 3 aromatic rings. The van der Waals surface area contributed by atoms with E-state index in [0.29, 0.717) is 19.4 Å². The largest absolute Gasteiger partial charge is 0.372 e. The quantitative estimate of drug-likeness (QED) is 0.456. The Balaban J connectivity index is 1.18. The first kappa shape index (κ1) is 22.6. The van der Waals surface area contributed by atoms with Crippen LogP contribution in [0, 0.1) is 0 Å². The van der Waals surface area contributed by atoms with Crippen molar-refractivity contribution < 1.29 is 9.59 Å². The molecule has 1 aromatic heterocycles. The Hall–Kier alpha value is -2.90. The van der Waals surface area contributed by atoms with E-state index >= 15 is 0 Å². The van der Waals surface area contributed by atoms with E-state index in [1.807, 2.05) is 41.5 Å². The molecule has 4 heterocycles. The second-order valence-electron chi connectivity index (χ2n) is 9.95. The third-order valence-electron chi connectivity index (χ3n) is 8.05. The zero-order valence-electron chi connectivity index (χ0n) is 20.3. The summed E-state index contributed by atoms with van der Waals surface area (Å²) in [6, 6.07) is 16.8. The van der Waals surface area contributed by atoms with Crippen LogP contribution in [-0.2, 0) is 11.3 Å². The summed E-state index contributed by atoms with van der Waals surface area (Å²) >= 11 is 1.58. The second-order valence-corrected chi connectivity index (χ2v) is 10.9. The number of urea groups is 1. The highest BCUT2D eigenvalue weighted by Gasteiger charge is 2.58. The molecule has 7 heteroatoms. The Morgan fingerprint density at radius 2 is 1.63 bits per heavy atom. The van der Waals surface area contributed by atoms with Gasteiger partial charge in [-0.3, -0.25) is 9.69 Å². The number of carbonyl (C=O) groups excluding carboxylic acids is 2. The number of rotatable bonds is 5. The van der Waals surface area contributed by atoms with Crippen molar-refractivity contribution in [3.8, 4) is 0 Å². The van der Waals surface area contributed by atoms with Crippen LogP contribution in [0.25, 0.3) is 10.1 Å². The first-order valence-corrected chi connectivity index (χ1v) is 13.7. The van der Waals surface area contributed by atoms with Crippen LogP contribution in [-0.4, -0.2) is 60.0 Å². The fraction of sp³-hybridized carbons (Fsp3) is 0.429. The lowest BCUT2D eigenvalue weighted by Crippen LogP contribution is -2.56. The Labute approximate surface area is 210 Å². The molecule has 0 unspecified atom stereocenters. The number of amides is 3. The summed E-state index contributed by atoms with van der Waals surface area (Å²) in [6.07, 6.45) is 3.92. The lowest BCUT2D eigenvalue weighted by molar-refractivity contribution is -0.127. The maximum atomic E-state index is 13.9. The van der Waals surface area contributed by atoms with Gasteiger partial charge >= 0.3 is 6.03 Å². The normalized spacial score (nSPS) is 20.7. The van der Waals surface area contributed by atoms with Crippen molar-refractivity contribution in [1.29, 1.82) is 0 Å². The van der Waals surface area contributed by atoms with Gasteiger partial charge in [0.2, 0.25) is 0 Å². The summed E-state index contributed by atoms with van der Waals surface area (Å²) in [7, 11) is 0. The van der Waals surface area contributed by atoms with Crippen molar-refractivity contribution in [1.82, 2.24) is 9.80 Å². The molecule has 0 radical (unpaired) electrons. The van der Waals surface area contributed by atoms with E-state index in [1.54, 1.807) is 11.3 Å². The van der Waals surface area contributed by atoms with E-state index in [1.165, 1.54) is 29.0 Å². The van der Waals surface area contributed by atoms with Gasteiger partial charge in [0.25, 0.3) is 5.91 Å². The summed E-state index contributed by atoms with van der Waals surface area (Å²) in [5, 5.41) is 2.93. The minimum absolute atomic E-state index is 0.0532. The third-order valence-corrected chi connectivity index (χ3v) is 9.01. The average molecular weight is 489 g/mol. The van der Waals surface area contributed by atoms with Crippen molar-refractivity contribution in [3.63, 3.8) is 0 Å². The molecule has 3 saturated heterocycles. The minimum Gasteiger partial charge on any atom is -0.372 e. The number of benzene rings is 2. The van der Waals surface area contributed by atoms with E-state index in [2.05, 4.69) is 34.1 Å². The Bertz CT molecular complexity index is 1240. The number of hydrogen-bond acceptors (Lipinski definition) is 5. The van der Waals surface area contributed by atoms with E-state index in [9.17, 15) is 9.59 Å². The molecule has 0 saturated carbocycles. The monoisotopic (exact) mass is 488 g/mol. The third kappa shape index (κ3) is 3.72. The molecule has 3 fully saturated rings. The highest BCUT2D eigenvalue weighted by atomic mass is 32.1. The van der Waals surface area contributed by atoms with E-state index in [-0.39, 0.29) is 11.9 Å². The molecule has 0 bridgehead atoms. The number of piperidine rings is 1. The predicted molar refractivity (Wildman–Crippen MR) is 142 cm³/mol. The van der Waals surface area contributed by atoms with Crippen molar-refractivity contribution in [2.24, 2.45) is 0 Å². The molecule has 35 heavy (non-hydrogen) atoms. The first-order chi connectivity index (χ1) is 17.1. The lowest BCUT2D eigenvalue weighted by Gasteiger charge is -2.41. The summed E-state index contributed by atoms with van der Waals surface area (Å²) in [4.78, 5) is 35.5. The van der Waals surface area contributed by atoms with Gasteiger partial charge in [-0.15, -0.1) is 11.3 Å². The van der Waals surface area contributed by atoms with Crippen molar-refractivity contribution >= 4 is 44.7 Å². The molecular formula is C28H32N4O2S. The highest BCUT2D eigenvalue weighted by Crippen LogP contribution is 2.43. The van der Waals surface area contributed by atoms with Gasteiger partial charge < -0.3 is 9.80 Å². The second kappa shape index (κ2) is 8.95.